The molecule has 2 aromatic rings. The molecule has 0 spiro atoms. The van der Waals surface area contributed by atoms with Gasteiger partial charge in [-0.2, -0.15) is 0 Å². The fourth-order valence-corrected chi connectivity index (χ4v) is 4.05. The largest absolute Gasteiger partial charge is 0.444 e. The molecule has 9 heteroatoms. The maximum Gasteiger partial charge on any atom is 0.410 e. The van der Waals surface area contributed by atoms with Gasteiger partial charge in [-0.15, -0.1) is 0 Å². The molecule has 1 N–H and O–H groups in total. The lowest BCUT2D eigenvalue weighted by molar-refractivity contribution is -0.135. The number of imide groups is 1. The second kappa shape index (κ2) is 9.18. The molecule has 32 heavy (non-hydrogen) atoms. The van der Waals surface area contributed by atoms with E-state index >= 15 is 0 Å². The monoisotopic (exact) mass is 444 g/mol. The van der Waals surface area contributed by atoms with E-state index in [0.29, 0.717) is 18.5 Å². The summed E-state index contributed by atoms with van der Waals surface area (Å²) < 4.78 is 8.44. The summed E-state index contributed by atoms with van der Waals surface area (Å²) in [6, 6.07) is 5.00. The summed E-state index contributed by atoms with van der Waals surface area (Å²) in [5.41, 5.74) is 1.69. The van der Waals surface area contributed by atoms with Crippen LogP contribution in [0.1, 0.15) is 58.1 Å². The van der Waals surface area contributed by atoms with Crippen molar-refractivity contribution in [3.63, 3.8) is 0 Å². The normalized spacial score (nSPS) is 16.8. The fourth-order valence-electron chi connectivity index (χ4n) is 4.05. The molecule has 9 nitrogen and oxygen atoms in total. The highest BCUT2D eigenvalue weighted by molar-refractivity contribution is 6.00. The van der Waals surface area contributed by atoms with Gasteiger partial charge >= 0.3 is 11.8 Å². The van der Waals surface area contributed by atoms with Crippen molar-refractivity contribution in [1.29, 1.82) is 0 Å². The van der Waals surface area contributed by atoms with Gasteiger partial charge in [-0.25, -0.2) is 9.59 Å². The average Bonchev–Trinajstić information content (AvgIpc) is 2.95. The number of piperidine rings is 1. The van der Waals surface area contributed by atoms with Crippen molar-refractivity contribution in [3.05, 3.63) is 34.2 Å². The van der Waals surface area contributed by atoms with Crippen LogP contribution in [-0.2, 0) is 27.8 Å². The minimum absolute atomic E-state index is 0.212. The molecule has 0 aliphatic carbocycles. The zero-order chi connectivity index (χ0) is 23.6. The fraction of sp³-hybridized carbons (Fsp3) is 0.565. The molecular formula is C23H32N4O5. The predicted molar refractivity (Wildman–Crippen MR) is 120 cm³/mol. The van der Waals surface area contributed by atoms with Crippen LogP contribution in [0.25, 0.3) is 11.0 Å². The molecule has 0 radical (unpaired) electrons. The van der Waals surface area contributed by atoms with Crippen molar-refractivity contribution in [1.82, 2.24) is 19.4 Å². The third-order valence-corrected chi connectivity index (χ3v) is 5.60. The van der Waals surface area contributed by atoms with Gasteiger partial charge in [-0.05, 0) is 58.1 Å². The number of fused-ring (bicyclic) bond motifs is 1. The summed E-state index contributed by atoms with van der Waals surface area (Å²) in [5, 5.41) is 2.33. The van der Waals surface area contributed by atoms with E-state index < -0.39 is 17.6 Å². The Morgan fingerprint density at radius 3 is 2.59 bits per heavy atom. The molecule has 1 unspecified atom stereocenters. The molecule has 1 fully saturated rings. The van der Waals surface area contributed by atoms with E-state index in [4.69, 9.17) is 4.74 Å². The van der Waals surface area contributed by atoms with Crippen molar-refractivity contribution >= 4 is 28.9 Å². The van der Waals surface area contributed by atoms with Crippen molar-refractivity contribution in [2.45, 2.75) is 64.5 Å². The van der Waals surface area contributed by atoms with Gasteiger partial charge < -0.3 is 9.64 Å². The number of unbranched alkanes of at least 4 members (excludes halogenated alkanes) is 1. The third-order valence-electron chi connectivity index (χ3n) is 5.60. The Kier molecular flexibility index (Phi) is 6.76. The number of benzene rings is 1. The first-order chi connectivity index (χ1) is 15.0. The molecule has 174 valence electrons. The van der Waals surface area contributed by atoms with Gasteiger partial charge in [-0.1, -0.05) is 12.1 Å². The summed E-state index contributed by atoms with van der Waals surface area (Å²) >= 11 is 0. The third kappa shape index (κ3) is 5.03. The van der Waals surface area contributed by atoms with Crippen LogP contribution in [0.15, 0.2) is 23.0 Å². The minimum atomic E-state index is -0.693. The van der Waals surface area contributed by atoms with E-state index in [1.54, 1.807) is 23.6 Å². The van der Waals surface area contributed by atoms with Crippen LogP contribution >= 0.6 is 0 Å². The van der Waals surface area contributed by atoms with Crippen LogP contribution in [0.3, 0.4) is 0 Å². The van der Waals surface area contributed by atoms with Crippen LogP contribution in [0.2, 0.25) is 0 Å². The van der Waals surface area contributed by atoms with E-state index in [-0.39, 0.29) is 24.1 Å². The predicted octanol–water partition coefficient (Wildman–Crippen LogP) is 2.51. The second-order valence-electron chi connectivity index (χ2n) is 9.32. The summed E-state index contributed by atoms with van der Waals surface area (Å²) in [5.74, 6) is -0.747. The van der Waals surface area contributed by atoms with Crippen LogP contribution in [0.4, 0.5) is 4.79 Å². The molecule has 1 saturated heterocycles. The van der Waals surface area contributed by atoms with Gasteiger partial charge in [0.2, 0.25) is 11.8 Å². The Balaban J connectivity index is 1.73. The number of rotatable bonds is 6. The molecular weight excluding hydrogens is 412 g/mol. The quantitative estimate of drug-likeness (QED) is 0.545. The van der Waals surface area contributed by atoms with Crippen molar-refractivity contribution in [3.8, 4) is 0 Å². The number of aryl methyl sites for hydroxylation is 2. The second-order valence-corrected chi connectivity index (χ2v) is 9.32. The Morgan fingerprint density at radius 1 is 1.22 bits per heavy atom. The van der Waals surface area contributed by atoms with E-state index in [0.717, 1.165) is 30.3 Å². The zero-order valence-electron chi connectivity index (χ0n) is 19.4. The Morgan fingerprint density at radius 2 is 1.94 bits per heavy atom. The first-order valence-electron chi connectivity index (χ1n) is 11.0. The van der Waals surface area contributed by atoms with E-state index in [1.165, 1.54) is 4.57 Å². The first kappa shape index (κ1) is 23.6. The van der Waals surface area contributed by atoms with Crippen molar-refractivity contribution in [2.75, 3.05) is 13.6 Å². The van der Waals surface area contributed by atoms with Crippen LogP contribution in [0.5, 0.6) is 0 Å². The zero-order valence-corrected chi connectivity index (χ0v) is 19.4. The number of imidazole rings is 1. The maximum absolute atomic E-state index is 13.0. The highest BCUT2D eigenvalue weighted by Gasteiger charge is 2.31. The van der Waals surface area contributed by atoms with Gasteiger partial charge in [0.1, 0.15) is 11.6 Å². The molecule has 2 heterocycles. The van der Waals surface area contributed by atoms with Gasteiger partial charge in [0.05, 0.1) is 11.0 Å². The number of nitrogens with zero attached hydrogens (tertiary/aromatic N) is 3. The van der Waals surface area contributed by atoms with Gasteiger partial charge in [-0.3, -0.25) is 24.0 Å². The molecule has 1 aliphatic heterocycles. The molecule has 3 rings (SSSR count). The SMILES string of the molecule is CN(CCCCc1cccc2c1n(C)c(=O)n2C1CCC(=O)NC1=O)C(=O)OC(C)(C)C. The van der Waals surface area contributed by atoms with Crippen molar-refractivity contribution in [2.24, 2.45) is 7.05 Å². The Labute approximate surface area is 187 Å². The van der Waals surface area contributed by atoms with E-state index in [1.807, 2.05) is 39.0 Å². The van der Waals surface area contributed by atoms with Crippen LogP contribution < -0.4 is 11.0 Å². The first-order valence-corrected chi connectivity index (χ1v) is 11.0. The lowest BCUT2D eigenvalue weighted by Gasteiger charge is -2.24. The number of carbonyl (C=O) groups excluding carboxylic acids is 3. The number of amides is 3. The van der Waals surface area contributed by atoms with E-state index in [9.17, 15) is 19.2 Å². The number of para-hydroxylation sites is 1. The topological polar surface area (TPSA) is 103 Å². The van der Waals surface area contributed by atoms with Crippen molar-refractivity contribution < 1.29 is 19.1 Å². The average molecular weight is 445 g/mol. The molecule has 0 bridgehead atoms. The molecule has 0 saturated carbocycles. The lowest BCUT2D eigenvalue weighted by Crippen LogP contribution is -2.44. The summed E-state index contributed by atoms with van der Waals surface area (Å²) in [4.78, 5) is 50.5. The molecule has 1 aromatic carbocycles. The Hall–Kier alpha value is -3.10. The number of hydrogen-bond acceptors (Lipinski definition) is 5. The number of aromatic nitrogens is 2. The smallest absolute Gasteiger partial charge is 0.410 e. The molecule has 1 aliphatic rings. The minimum Gasteiger partial charge on any atom is -0.444 e. The number of ether oxygens (including phenoxy) is 1. The number of hydrogen-bond donors (Lipinski definition) is 1. The molecule has 1 atom stereocenters. The van der Waals surface area contributed by atoms with Crippen LogP contribution in [-0.4, -0.2) is 51.1 Å². The van der Waals surface area contributed by atoms with E-state index in [2.05, 4.69) is 5.32 Å². The molecule has 3 amide bonds. The highest BCUT2D eigenvalue weighted by Crippen LogP contribution is 2.25. The highest BCUT2D eigenvalue weighted by atomic mass is 16.6. The number of nitrogens with one attached hydrogen (secondary N) is 1. The summed E-state index contributed by atoms with van der Waals surface area (Å²) in [6.45, 7) is 6.08. The van der Waals surface area contributed by atoms with Gasteiger partial charge in [0.25, 0.3) is 0 Å². The standard InChI is InChI=1S/C23H32N4O5/c1-23(2,3)32-22(31)25(4)14-7-6-9-15-10-8-11-16-19(15)26(5)21(30)27(16)17-12-13-18(28)24-20(17)29/h8,10-11,17H,6-7,9,12-14H2,1-5H3,(H,24,28,29). The maximum atomic E-state index is 13.0. The van der Waals surface area contributed by atoms with Gasteiger partial charge in [0, 0.05) is 27.1 Å². The molecule has 1 aromatic heterocycles. The summed E-state index contributed by atoms with van der Waals surface area (Å²) in [7, 11) is 3.42. The van der Waals surface area contributed by atoms with Crippen LogP contribution in [0, 0.1) is 0 Å². The van der Waals surface area contributed by atoms with Gasteiger partial charge in [0.15, 0.2) is 0 Å². The Bertz CT molecular complexity index is 1090. The summed E-state index contributed by atoms with van der Waals surface area (Å²) in [6.07, 6.45) is 2.52. The lowest BCUT2D eigenvalue weighted by atomic mass is 10.0. The number of carbonyl (C=O) groups is 3.